The van der Waals surface area contributed by atoms with Crippen LogP contribution in [0.4, 0.5) is 19.0 Å². The molecule has 3 nitrogen and oxygen atoms in total. The molecule has 0 aromatic carbocycles. The lowest BCUT2D eigenvalue weighted by atomic mass is 9.94. The number of anilines is 1. The fraction of sp³-hybridized carbons (Fsp3) is 0.615. The predicted octanol–water partition coefficient (Wildman–Crippen LogP) is 4.07. The van der Waals surface area contributed by atoms with E-state index in [4.69, 9.17) is 0 Å². The number of alkyl halides is 3. The number of rotatable bonds is 5. The number of hydrogen-bond donors (Lipinski definition) is 2. The van der Waals surface area contributed by atoms with Crippen LogP contribution in [0.3, 0.4) is 0 Å². The van der Waals surface area contributed by atoms with Gasteiger partial charge in [0.15, 0.2) is 0 Å². The van der Waals surface area contributed by atoms with Crippen molar-refractivity contribution in [2.75, 3.05) is 11.9 Å². The van der Waals surface area contributed by atoms with Gasteiger partial charge in [0.2, 0.25) is 0 Å². The Bertz CT molecular complexity index is 461. The van der Waals surface area contributed by atoms with Crippen molar-refractivity contribution < 1.29 is 18.3 Å². The standard InChI is InChI=1S/C13H18BrF3N2O/c1-8(2)5-12(3,20)7-19-11-10(13(15,16)17)4-9(14)6-18-11/h4,6,8,20H,5,7H2,1-3H3,(H,18,19). The van der Waals surface area contributed by atoms with Crippen LogP contribution >= 0.6 is 15.9 Å². The minimum atomic E-state index is -4.50. The van der Waals surface area contributed by atoms with Crippen molar-refractivity contribution in [3.05, 3.63) is 22.3 Å². The molecule has 0 aliphatic heterocycles. The van der Waals surface area contributed by atoms with Crippen molar-refractivity contribution in [2.45, 2.75) is 39.0 Å². The molecule has 1 atom stereocenters. The van der Waals surface area contributed by atoms with Gasteiger partial charge >= 0.3 is 6.18 Å². The van der Waals surface area contributed by atoms with Gasteiger partial charge in [-0.15, -0.1) is 0 Å². The molecule has 0 aliphatic carbocycles. The molecule has 1 aromatic rings. The molecule has 7 heteroatoms. The molecule has 0 amide bonds. The zero-order valence-corrected chi connectivity index (χ0v) is 13.1. The minimum absolute atomic E-state index is 0.00287. The Hall–Kier alpha value is -0.820. The normalized spacial score (nSPS) is 15.2. The monoisotopic (exact) mass is 354 g/mol. The smallest absolute Gasteiger partial charge is 0.388 e. The predicted molar refractivity (Wildman–Crippen MR) is 75.5 cm³/mol. The first-order valence-electron chi connectivity index (χ1n) is 6.20. The lowest BCUT2D eigenvalue weighted by Crippen LogP contribution is -2.35. The van der Waals surface area contributed by atoms with E-state index in [1.807, 2.05) is 13.8 Å². The van der Waals surface area contributed by atoms with Crippen LogP contribution in [0.25, 0.3) is 0 Å². The zero-order chi connectivity index (χ0) is 15.6. The third-order valence-electron chi connectivity index (χ3n) is 2.64. The van der Waals surface area contributed by atoms with Crippen molar-refractivity contribution in [3.8, 4) is 0 Å². The van der Waals surface area contributed by atoms with Gasteiger partial charge in [-0.1, -0.05) is 13.8 Å². The lowest BCUT2D eigenvalue weighted by Gasteiger charge is -2.26. The van der Waals surface area contributed by atoms with Gasteiger partial charge in [-0.25, -0.2) is 4.98 Å². The number of pyridine rings is 1. The average molecular weight is 355 g/mol. The minimum Gasteiger partial charge on any atom is -0.388 e. The highest BCUT2D eigenvalue weighted by Gasteiger charge is 2.35. The lowest BCUT2D eigenvalue weighted by molar-refractivity contribution is -0.137. The largest absolute Gasteiger partial charge is 0.419 e. The number of aromatic nitrogens is 1. The highest BCUT2D eigenvalue weighted by molar-refractivity contribution is 9.10. The van der Waals surface area contributed by atoms with Gasteiger partial charge in [0.1, 0.15) is 5.82 Å². The second kappa shape index (κ2) is 6.30. The molecule has 1 unspecified atom stereocenters. The van der Waals surface area contributed by atoms with E-state index in [0.717, 1.165) is 6.07 Å². The molecule has 0 fully saturated rings. The summed E-state index contributed by atoms with van der Waals surface area (Å²) in [6, 6.07) is 0.965. The topological polar surface area (TPSA) is 45.1 Å². The maximum Gasteiger partial charge on any atom is 0.419 e. The Labute approximate surface area is 124 Å². The zero-order valence-electron chi connectivity index (χ0n) is 11.6. The van der Waals surface area contributed by atoms with Gasteiger partial charge in [0.05, 0.1) is 11.2 Å². The maximum atomic E-state index is 12.9. The van der Waals surface area contributed by atoms with Gasteiger partial charge in [-0.3, -0.25) is 0 Å². The van der Waals surface area contributed by atoms with Crippen LogP contribution < -0.4 is 5.32 Å². The molecular formula is C13H18BrF3N2O. The van der Waals surface area contributed by atoms with Crippen LogP contribution in [0.15, 0.2) is 16.7 Å². The average Bonchev–Trinajstić information content (AvgIpc) is 2.24. The Balaban J connectivity index is 2.88. The number of nitrogens with one attached hydrogen (secondary N) is 1. The summed E-state index contributed by atoms with van der Waals surface area (Å²) >= 11 is 2.97. The Kier molecular flexibility index (Phi) is 5.43. The summed E-state index contributed by atoms with van der Waals surface area (Å²) in [5.74, 6) is -0.0310. The third kappa shape index (κ3) is 5.28. The third-order valence-corrected chi connectivity index (χ3v) is 3.08. The van der Waals surface area contributed by atoms with E-state index < -0.39 is 17.3 Å². The fourth-order valence-corrected chi connectivity index (χ4v) is 2.35. The molecule has 0 saturated carbocycles. The van der Waals surface area contributed by atoms with Crippen molar-refractivity contribution in [2.24, 2.45) is 5.92 Å². The number of hydrogen-bond acceptors (Lipinski definition) is 3. The quantitative estimate of drug-likeness (QED) is 0.837. The molecule has 20 heavy (non-hydrogen) atoms. The van der Waals surface area contributed by atoms with Gasteiger partial charge in [-0.2, -0.15) is 13.2 Å². The molecule has 1 heterocycles. The van der Waals surface area contributed by atoms with Gasteiger partial charge in [-0.05, 0) is 41.3 Å². The summed E-state index contributed by atoms with van der Waals surface area (Å²) in [7, 11) is 0. The van der Waals surface area contributed by atoms with Crippen LogP contribution in [-0.4, -0.2) is 22.2 Å². The van der Waals surface area contributed by atoms with Crippen LogP contribution in [0.2, 0.25) is 0 Å². The molecule has 1 aromatic heterocycles. The molecule has 0 spiro atoms. The number of aliphatic hydroxyl groups is 1. The van der Waals surface area contributed by atoms with Crippen molar-refractivity contribution in [1.82, 2.24) is 4.98 Å². The highest BCUT2D eigenvalue weighted by Crippen LogP contribution is 2.35. The molecule has 0 radical (unpaired) electrons. The summed E-state index contributed by atoms with van der Waals surface area (Å²) in [5, 5.41) is 12.7. The first-order valence-corrected chi connectivity index (χ1v) is 6.99. The summed E-state index contributed by atoms with van der Waals surface area (Å²) < 4.78 is 38.9. The van der Waals surface area contributed by atoms with E-state index in [9.17, 15) is 18.3 Å². The van der Waals surface area contributed by atoms with Crippen LogP contribution in [0, 0.1) is 5.92 Å². The first kappa shape index (κ1) is 17.2. The molecule has 2 N–H and O–H groups in total. The second-order valence-corrected chi connectivity index (χ2v) is 6.41. The Morgan fingerprint density at radius 2 is 2.00 bits per heavy atom. The number of halogens is 4. The molecule has 0 saturated heterocycles. The van der Waals surface area contributed by atoms with Gasteiger partial charge in [0, 0.05) is 17.2 Å². The Morgan fingerprint density at radius 1 is 1.40 bits per heavy atom. The SMILES string of the molecule is CC(C)CC(C)(O)CNc1ncc(Br)cc1C(F)(F)F. The van der Waals surface area contributed by atoms with E-state index in [0.29, 0.717) is 6.42 Å². The van der Waals surface area contributed by atoms with E-state index in [-0.39, 0.29) is 22.8 Å². The van der Waals surface area contributed by atoms with E-state index in [1.54, 1.807) is 6.92 Å². The summed E-state index contributed by atoms with van der Waals surface area (Å²) in [5.41, 5.74) is -1.95. The summed E-state index contributed by atoms with van der Waals surface area (Å²) in [6.45, 7) is 5.47. The van der Waals surface area contributed by atoms with Gasteiger partial charge < -0.3 is 10.4 Å². The van der Waals surface area contributed by atoms with Crippen molar-refractivity contribution in [1.29, 1.82) is 0 Å². The van der Waals surface area contributed by atoms with Crippen molar-refractivity contribution in [3.63, 3.8) is 0 Å². The van der Waals surface area contributed by atoms with Crippen LogP contribution in [0.5, 0.6) is 0 Å². The maximum absolute atomic E-state index is 12.9. The molecule has 0 aliphatic rings. The van der Waals surface area contributed by atoms with E-state index in [2.05, 4.69) is 26.2 Å². The molecule has 114 valence electrons. The summed E-state index contributed by atoms with van der Waals surface area (Å²) in [4.78, 5) is 3.74. The molecule has 1 rings (SSSR count). The van der Waals surface area contributed by atoms with Crippen LogP contribution in [0.1, 0.15) is 32.8 Å². The highest BCUT2D eigenvalue weighted by atomic mass is 79.9. The van der Waals surface area contributed by atoms with Crippen LogP contribution in [-0.2, 0) is 6.18 Å². The van der Waals surface area contributed by atoms with Crippen molar-refractivity contribution >= 4 is 21.7 Å². The first-order chi connectivity index (χ1) is 9.01. The Morgan fingerprint density at radius 3 is 2.50 bits per heavy atom. The van der Waals surface area contributed by atoms with Gasteiger partial charge in [0.25, 0.3) is 0 Å². The second-order valence-electron chi connectivity index (χ2n) is 5.50. The number of nitrogens with zero attached hydrogens (tertiary/aromatic N) is 1. The fourth-order valence-electron chi connectivity index (χ4n) is 2.02. The molecule has 0 bridgehead atoms. The van der Waals surface area contributed by atoms with E-state index in [1.165, 1.54) is 6.20 Å². The van der Waals surface area contributed by atoms with E-state index >= 15 is 0 Å². The molecular weight excluding hydrogens is 337 g/mol. The summed E-state index contributed by atoms with van der Waals surface area (Å²) in [6.07, 6.45) is -2.73.